The number of aromatic amines is 1. The molecule has 154 valence electrons. The maximum absolute atomic E-state index is 14.0. The lowest BCUT2D eigenvalue weighted by Crippen LogP contribution is -2.47. The summed E-state index contributed by atoms with van der Waals surface area (Å²) in [6.45, 7) is 4.54. The van der Waals surface area contributed by atoms with Crippen LogP contribution in [0.5, 0.6) is 0 Å². The van der Waals surface area contributed by atoms with E-state index in [4.69, 9.17) is 4.98 Å². The second-order valence-corrected chi connectivity index (χ2v) is 9.00. The molecule has 1 N–H and O–H groups in total. The minimum Gasteiger partial charge on any atom is -0.367 e. The van der Waals surface area contributed by atoms with Crippen molar-refractivity contribution >= 4 is 5.69 Å². The fourth-order valence-electron chi connectivity index (χ4n) is 4.94. The first-order chi connectivity index (χ1) is 14.1. The molecule has 1 aliphatic heterocycles. The van der Waals surface area contributed by atoms with Crippen LogP contribution in [0.3, 0.4) is 0 Å². The molecular formula is C23H29FN4O. The van der Waals surface area contributed by atoms with Crippen LogP contribution < -0.4 is 10.5 Å². The highest BCUT2D eigenvalue weighted by Crippen LogP contribution is 2.53. The van der Waals surface area contributed by atoms with Crippen LogP contribution >= 0.6 is 0 Å². The van der Waals surface area contributed by atoms with Gasteiger partial charge in [0.25, 0.3) is 5.56 Å². The number of nitrogens with zero attached hydrogens (tertiary/aromatic N) is 3. The number of H-pyrrole nitrogens is 1. The summed E-state index contributed by atoms with van der Waals surface area (Å²) < 4.78 is 14.0. The number of hydrogen-bond donors (Lipinski definition) is 1. The van der Waals surface area contributed by atoms with Crippen molar-refractivity contribution in [1.29, 1.82) is 0 Å². The number of aryl methyl sites for hydroxylation is 2. The van der Waals surface area contributed by atoms with Gasteiger partial charge in [0, 0.05) is 38.2 Å². The molecule has 3 aliphatic rings. The van der Waals surface area contributed by atoms with Gasteiger partial charge in [-0.25, -0.2) is 9.37 Å². The Kier molecular flexibility index (Phi) is 4.90. The summed E-state index contributed by atoms with van der Waals surface area (Å²) >= 11 is 0. The van der Waals surface area contributed by atoms with Gasteiger partial charge in [0.15, 0.2) is 0 Å². The fourth-order valence-corrected chi connectivity index (χ4v) is 4.94. The number of anilines is 1. The van der Waals surface area contributed by atoms with Crippen LogP contribution in [-0.4, -0.2) is 47.6 Å². The summed E-state index contributed by atoms with van der Waals surface area (Å²) in [4.78, 5) is 24.9. The van der Waals surface area contributed by atoms with E-state index in [1.807, 2.05) is 12.1 Å². The quantitative estimate of drug-likeness (QED) is 0.844. The normalized spacial score (nSPS) is 20.7. The average molecular weight is 397 g/mol. The van der Waals surface area contributed by atoms with Crippen molar-refractivity contribution in [1.82, 2.24) is 14.9 Å². The van der Waals surface area contributed by atoms with Crippen molar-refractivity contribution < 1.29 is 4.39 Å². The Labute approximate surface area is 171 Å². The summed E-state index contributed by atoms with van der Waals surface area (Å²) in [5, 5.41) is 0. The lowest BCUT2D eigenvalue weighted by atomic mass is 9.84. The second kappa shape index (κ2) is 7.56. The number of halogens is 1. The Morgan fingerprint density at radius 1 is 1.10 bits per heavy atom. The number of benzene rings is 1. The van der Waals surface area contributed by atoms with Crippen LogP contribution in [-0.2, 0) is 19.3 Å². The molecule has 5 rings (SSSR count). The van der Waals surface area contributed by atoms with Crippen molar-refractivity contribution in [3.05, 3.63) is 57.5 Å². The molecule has 2 aliphatic carbocycles. The molecule has 1 spiro atoms. The molecule has 0 amide bonds. The maximum atomic E-state index is 14.0. The summed E-state index contributed by atoms with van der Waals surface area (Å²) in [7, 11) is 0. The molecule has 5 nitrogen and oxygen atoms in total. The number of piperazine rings is 1. The summed E-state index contributed by atoms with van der Waals surface area (Å²) in [5.74, 6) is 0.696. The largest absolute Gasteiger partial charge is 0.367 e. The van der Waals surface area contributed by atoms with E-state index in [-0.39, 0.29) is 11.4 Å². The van der Waals surface area contributed by atoms with Crippen molar-refractivity contribution in [2.75, 3.05) is 37.6 Å². The van der Waals surface area contributed by atoms with E-state index in [2.05, 4.69) is 14.8 Å². The third kappa shape index (κ3) is 3.95. The number of fused-ring (bicyclic) bond motifs is 1. The van der Waals surface area contributed by atoms with Gasteiger partial charge in [-0.15, -0.1) is 0 Å². The fraction of sp³-hybridized carbons (Fsp3) is 0.565. The van der Waals surface area contributed by atoms with E-state index < -0.39 is 0 Å². The van der Waals surface area contributed by atoms with E-state index in [1.165, 1.54) is 25.3 Å². The smallest absolute Gasteiger partial charge is 0.254 e. The molecule has 1 saturated heterocycles. The predicted molar refractivity (Wildman–Crippen MR) is 112 cm³/mol. The first kappa shape index (κ1) is 18.8. The molecule has 0 unspecified atom stereocenters. The van der Waals surface area contributed by atoms with Gasteiger partial charge in [0.2, 0.25) is 0 Å². The molecule has 2 fully saturated rings. The van der Waals surface area contributed by atoms with Crippen LogP contribution in [0.1, 0.15) is 42.8 Å². The van der Waals surface area contributed by atoms with E-state index in [9.17, 15) is 9.18 Å². The highest BCUT2D eigenvalue weighted by atomic mass is 19.1. The third-order valence-electron chi connectivity index (χ3n) is 7.00. The van der Waals surface area contributed by atoms with Crippen LogP contribution in [0, 0.1) is 11.2 Å². The second-order valence-electron chi connectivity index (χ2n) is 9.00. The van der Waals surface area contributed by atoms with E-state index >= 15 is 0 Å². The van der Waals surface area contributed by atoms with Crippen molar-refractivity contribution in [2.45, 2.75) is 44.9 Å². The molecule has 0 radical (unpaired) electrons. The topological polar surface area (TPSA) is 52.2 Å². The van der Waals surface area contributed by atoms with Gasteiger partial charge in [-0.3, -0.25) is 9.69 Å². The van der Waals surface area contributed by atoms with Crippen LogP contribution in [0.4, 0.5) is 10.1 Å². The molecule has 6 heteroatoms. The van der Waals surface area contributed by atoms with Crippen LogP contribution in [0.25, 0.3) is 0 Å². The maximum Gasteiger partial charge on any atom is 0.254 e. The van der Waals surface area contributed by atoms with Crippen molar-refractivity contribution in [3.63, 3.8) is 0 Å². The zero-order valence-corrected chi connectivity index (χ0v) is 16.9. The molecule has 0 atom stereocenters. The van der Waals surface area contributed by atoms with E-state index in [1.54, 1.807) is 6.07 Å². The van der Waals surface area contributed by atoms with Gasteiger partial charge < -0.3 is 9.88 Å². The number of hydrogen-bond acceptors (Lipinski definition) is 4. The number of rotatable bonds is 5. The molecule has 2 aromatic rings. The lowest BCUT2D eigenvalue weighted by Gasteiger charge is -2.36. The Morgan fingerprint density at radius 2 is 1.90 bits per heavy atom. The van der Waals surface area contributed by atoms with Gasteiger partial charge >= 0.3 is 0 Å². The summed E-state index contributed by atoms with van der Waals surface area (Å²) in [5.41, 5.74) is 3.22. The minimum atomic E-state index is -0.143. The number of nitrogens with one attached hydrogen (secondary N) is 1. The monoisotopic (exact) mass is 396 g/mol. The van der Waals surface area contributed by atoms with Crippen molar-refractivity contribution in [2.24, 2.45) is 5.41 Å². The molecule has 1 aromatic carbocycles. The van der Waals surface area contributed by atoms with Crippen LogP contribution in [0.15, 0.2) is 29.1 Å². The predicted octanol–water partition coefficient (Wildman–Crippen LogP) is 2.93. The minimum absolute atomic E-state index is 0.0921. The van der Waals surface area contributed by atoms with Gasteiger partial charge in [0.1, 0.15) is 11.6 Å². The zero-order valence-electron chi connectivity index (χ0n) is 16.9. The third-order valence-corrected chi connectivity index (χ3v) is 7.00. The molecule has 0 bridgehead atoms. The number of para-hydroxylation sites is 1. The van der Waals surface area contributed by atoms with E-state index in [0.717, 1.165) is 75.5 Å². The average Bonchev–Trinajstić information content (AvgIpc) is 3.49. The molecule has 1 aromatic heterocycles. The van der Waals surface area contributed by atoms with Crippen molar-refractivity contribution in [3.8, 4) is 0 Å². The van der Waals surface area contributed by atoms with Gasteiger partial charge in [-0.1, -0.05) is 12.1 Å². The zero-order chi connectivity index (χ0) is 19.8. The molecular weight excluding hydrogens is 367 g/mol. The summed E-state index contributed by atoms with van der Waals surface area (Å²) in [6, 6.07) is 7.01. The standard InChI is InChI=1S/C23H29FN4O/c24-18-4-1-2-5-20(18)28-14-12-27(13-15-28)11-3-6-21-25-19-7-8-23(9-10-23)16-17(19)22(29)26-21/h1-2,4-5H,3,6-16H2,(H,25,26,29). The van der Waals surface area contributed by atoms with Gasteiger partial charge in [-0.05, 0) is 62.6 Å². The highest BCUT2D eigenvalue weighted by molar-refractivity contribution is 5.48. The molecule has 1 saturated carbocycles. The van der Waals surface area contributed by atoms with Gasteiger partial charge in [-0.2, -0.15) is 0 Å². The first-order valence-electron chi connectivity index (χ1n) is 10.9. The summed E-state index contributed by atoms with van der Waals surface area (Å²) in [6.07, 6.45) is 7.42. The Bertz CT molecular complexity index is 944. The first-order valence-corrected chi connectivity index (χ1v) is 10.9. The Balaban J connectivity index is 1.12. The molecule has 29 heavy (non-hydrogen) atoms. The Morgan fingerprint density at radius 3 is 2.66 bits per heavy atom. The van der Waals surface area contributed by atoms with E-state index in [0.29, 0.717) is 11.1 Å². The highest BCUT2D eigenvalue weighted by Gasteiger charge is 2.45. The number of aromatic nitrogens is 2. The van der Waals surface area contributed by atoms with Crippen LogP contribution in [0.2, 0.25) is 0 Å². The molecule has 2 heterocycles. The Hall–Kier alpha value is -2.21. The van der Waals surface area contributed by atoms with Gasteiger partial charge in [0.05, 0.1) is 11.4 Å². The SMILES string of the molecule is O=c1[nH]c(CCCN2CCN(c3ccccc3F)CC2)nc2c1CC1(CC2)CC1. The lowest BCUT2D eigenvalue weighted by molar-refractivity contribution is 0.254.